The maximum absolute atomic E-state index is 12.5. The maximum atomic E-state index is 12.5. The summed E-state index contributed by atoms with van der Waals surface area (Å²) in [6.07, 6.45) is -0.270. The fourth-order valence-corrected chi connectivity index (χ4v) is 1.99. The predicted octanol–water partition coefficient (Wildman–Crippen LogP) is 1.27. The highest BCUT2D eigenvalue weighted by Gasteiger charge is 2.23. The van der Waals surface area contributed by atoms with Gasteiger partial charge in [0, 0.05) is 19.2 Å². The highest BCUT2D eigenvalue weighted by atomic mass is 16.5. The van der Waals surface area contributed by atoms with Gasteiger partial charge in [0.2, 0.25) is 0 Å². The number of hydrogen-bond donors (Lipinski definition) is 2. The average Bonchev–Trinajstić information content (AvgIpc) is 2.45. The zero-order valence-corrected chi connectivity index (χ0v) is 12.5. The largest absolute Gasteiger partial charge is 0.497 e. The Kier molecular flexibility index (Phi) is 6.84. The third-order valence-corrected chi connectivity index (χ3v) is 3.09. The summed E-state index contributed by atoms with van der Waals surface area (Å²) in [6, 6.07) is 4.32. The maximum Gasteiger partial charge on any atom is 0.305 e. The van der Waals surface area contributed by atoms with E-state index in [1.54, 1.807) is 39.3 Å². The molecule has 0 aromatic heterocycles. The number of carbonyl (C=O) groups is 2. The molecule has 0 heterocycles. The van der Waals surface area contributed by atoms with Crippen LogP contribution in [0.1, 0.15) is 22.3 Å². The van der Waals surface area contributed by atoms with Crippen LogP contribution in [-0.2, 0) is 9.53 Å². The molecule has 6 heteroatoms. The van der Waals surface area contributed by atoms with E-state index in [0.29, 0.717) is 24.5 Å². The molecule has 1 aromatic carbocycles. The van der Waals surface area contributed by atoms with Crippen molar-refractivity contribution in [3.05, 3.63) is 29.3 Å². The zero-order valence-electron chi connectivity index (χ0n) is 12.5. The Balaban J connectivity index is 2.90. The van der Waals surface area contributed by atoms with E-state index in [4.69, 9.17) is 14.6 Å². The van der Waals surface area contributed by atoms with Gasteiger partial charge in [0.1, 0.15) is 5.75 Å². The molecule has 1 atom stereocenters. The molecule has 1 rings (SSSR count). The van der Waals surface area contributed by atoms with Crippen molar-refractivity contribution in [3.63, 3.8) is 0 Å². The average molecular weight is 295 g/mol. The molecular weight excluding hydrogens is 274 g/mol. The van der Waals surface area contributed by atoms with Crippen LogP contribution in [0, 0.1) is 6.92 Å². The Hall–Kier alpha value is -1.92. The number of Topliss-reactive ketones (excluding diaryl/α,β-unsaturated/α-hetero) is 1. The van der Waals surface area contributed by atoms with E-state index in [1.807, 2.05) is 0 Å². The van der Waals surface area contributed by atoms with Gasteiger partial charge in [-0.1, -0.05) is 0 Å². The summed E-state index contributed by atoms with van der Waals surface area (Å²) in [7, 11) is 3.10. The van der Waals surface area contributed by atoms with Gasteiger partial charge in [0.15, 0.2) is 5.78 Å². The van der Waals surface area contributed by atoms with Crippen molar-refractivity contribution in [2.45, 2.75) is 19.4 Å². The number of carboxylic acid groups (broad SMARTS) is 1. The molecule has 2 N–H and O–H groups in total. The predicted molar refractivity (Wildman–Crippen MR) is 78.0 cm³/mol. The summed E-state index contributed by atoms with van der Waals surface area (Å²) in [5.41, 5.74) is 1.25. The smallest absolute Gasteiger partial charge is 0.305 e. The summed E-state index contributed by atoms with van der Waals surface area (Å²) >= 11 is 0. The molecule has 116 valence electrons. The molecule has 0 spiro atoms. The molecule has 0 bridgehead atoms. The van der Waals surface area contributed by atoms with E-state index in [-0.39, 0.29) is 12.2 Å². The molecule has 1 unspecified atom stereocenters. The van der Waals surface area contributed by atoms with Crippen LogP contribution in [0.2, 0.25) is 0 Å². The first-order valence-corrected chi connectivity index (χ1v) is 6.62. The minimum atomic E-state index is -1.02. The first-order valence-electron chi connectivity index (χ1n) is 6.62. The number of benzene rings is 1. The van der Waals surface area contributed by atoms with Crippen LogP contribution >= 0.6 is 0 Å². The van der Waals surface area contributed by atoms with E-state index < -0.39 is 12.0 Å². The van der Waals surface area contributed by atoms with Gasteiger partial charge >= 0.3 is 5.97 Å². The van der Waals surface area contributed by atoms with Crippen LogP contribution in [0.15, 0.2) is 18.2 Å². The highest BCUT2D eigenvalue weighted by molar-refractivity contribution is 6.02. The third kappa shape index (κ3) is 5.17. The van der Waals surface area contributed by atoms with Gasteiger partial charge in [-0.2, -0.15) is 0 Å². The number of carbonyl (C=O) groups excluding carboxylic acids is 1. The molecule has 0 amide bonds. The Morgan fingerprint density at radius 3 is 2.57 bits per heavy atom. The molecule has 6 nitrogen and oxygen atoms in total. The lowest BCUT2D eigenvalue weighted by molar-refractivity contribution is -0.137. The van der Waals surface area contributed by atoms with Gasteiger partial charge in [-0.05, 0) is 30.7 Å². The molecule has 0 radical (unpaired) electrons. The second-order valence-corrected chi connectivity index (χ2v) is 4.64. The quantitative estimate of drug-likeness (QED) is 0.527. The van der Waals surface area contributed by atoms with Crippen molar-refractivity contribution in [3.8, 4) is 5.75 Å². The summed E-state index contributed by atoms with van der Waals surface area (Å²) in [5.74, 6) is -0.607. The van der Waals surface area contributed by atoms with Gasteiger partial charge in [-0.3, -0.25) is 9.59 Å². The highest BCUT2D eigenvalue weighted by Crippen LogP contribution is 2.19. The number of carboxylic acids is 1. The number of ketones is 1. The SMILES string of the molecule is COCCNC(CC(=O)O)C(=O)c1ccc(OC)cc1C. The molecule has 0 aliphatic carbocycles. The zero-order chi connectivity index (χ0) is 15.8. The minimum Gasteiger partial charge on any atom is -0.497 e. The normalized spacial score (nSPS) is 12.0. The molecule has 0 saturated carbocycles. The Bertz CT molecular complexity index is 501. The van der Waals surface area contributed by atoms with Crippen LogP contribution in [0.5, 0.6) is 5.75 Å². The Morgan fingerprint density at radius 2 is 2.05 bits per heavy atom. The third-order valence-electron chi connectivity index (χ3n) is 3.09. The van der Waals surface area contributed by atoms with Crippen LogP contribution in [0.4, 0.5) is 0 Å². The monoisotopic (exact) mass is 295 g/mol. The van der Waals surface area contributed by atoms with Crippen molar-refractivity contribution in [1.29, 1.82) is 0 Å². The van der Waals surface area contributed by atoms with Crippen LogP contribution < -0.4 is 10.1 Å². The lowest BCUT2D eigenvalue weighted by atomic mass is 9.97. The topological polar surface area (TPSA) is 84.9 Å². The van der Waals surface area contributed by atoms with Crippen molar-refractivity contribution >= 4 is 11.8 Å². The Labute approximate surface area is 124 Å². The number of aryl methyl sites for hydroxylation is 1. The van der Waals surface area contributed by atoms with E-state index in [9.17, 15) is 9.59 Å². The lowest BCUT2D eigenvalue weighted by Crippen LogP contribution is -2.40. The van der Waals surface area contributed by atoms with E-state index in [1.165, 1.54) is 0 Å². The molecule has 0 saturated heterocycles. The van der Waals surface area contributed by atoms with E-state index in [0.717, 1.165) is 5.56 Å². The van der Waals surface area contributed by atoms with Crippen LogP contribution in [-0.4, -0.2) is 50.3 Å². The molecule has 0 fully saturated rings. The molecule has 0 aliphatic rings. The van der Waals surface area contributed by atoms with Crippen molar-refractivity contribution < 1.29 is 24.2 Å². The molecule has 0 aliphatic heterocycles. The molecular formula is C15H21NO5. The van der Waals surface area contributed by atoms with Gasteiger partial charge in [0.25, 0.3) is 0 Å². The number of methoxy groups -OCH3 is 2. The van der Waals surface area contributed by atoms with Crippen LogP contribution in [0.25, 0.3) is 0 Å². The number of rotatable bonds is 9. The van der Waals surface area contributed by atoms with Gasteiger partial charge in [-0.15, -0.1) is 0 Å². The van der Waals surface area contributed by atoms with Gasteiger partial charge in [0.05, 0.1) is 26.2 Å². The summed E-state index contributed by atoms with van der Waals surface area (Å²) in [5, 5.41) is 11.9. The number of ether oxygens (including phenoxy) is 2. The second kappa shape index (κ2) is 8.39. The lowest BCUT2D eigenvalue weighted by Gasteiger charge is -2.17. The first kappa shape index (κ1) is 17.1. The summed E-state index contributed by atoms with van der Waals surface area (Å²) < 4.78 is 10.00. The van der Waals surface area contributed by atoms with Crippen molar-refractivity contribution in [1.82, 2.24) is 5.32 Å². The summed E-state index contributed by atoms with van der Waals surface area (Å²) in [4.78, 5) is 23.4. The standard InChI is InChI=1S/C15H21NO5/c1-10-8-11(21-3)4-5-12(10)15(19)13(9-14(17)18)16-6-7-20-2/h4-5,8,13,16H,6-7,9H2,1-3H3,(H,17,18). The second-order valence-electron chi connectivity index (χ2n) is 4.64. The van der Waals surface area contributed by atoms with Crippen molar-refractivity contribution in [2.75, 3.05) is 27.4 Å². The van der Waals surface area contributed by atoms with E-state index in [2.05, 4.69) is 5.32 Å². The Morgan fingerprint density at radius 1 is 1.33 bits per heavy atom. The van der Waals surface area contributed by atoms with Crippen LogP contribution in [0.3, 0.4) is 0 Å². The van der Waals surface area contributed by atoms with E-state index >= 15 is 0 Å². The number of aliphatic carboxylic acids is 1. The number of hydrogen-bond acceptors (Lipinski definition) is 5. The fourth-order valence-electron chi connectivity index (χ4n) is 1.99. The van der Waals surface area contributed by atoms with Gasteiger partial charge in [-0.25, -0.2) is 0 Å². The first-order chi connectivity index (χ1) is 9.99. The van der Waals surface area contributed by atoms with Gasteiger partial charge < -0.3 is 19.9 Å². The molecule has 1 aromatic rings. The van der Waals surface area contributed by atoms with Crippen molar-refractivity contribution in [2.24, 2.45) is 0 Å². The fraction of sp³-hybridized carbons (Fsp3) is 0.467. The molecule has 21 heavy (non-hydrogen) atoms. The minimum absolute atomic E-state index is 0.242. The number of nitrogens with one attached hydrogen (secondary N) is 1. The summed E-state index contributed by atoms with van der Waals surface area (Å²) in [6.45, 7) is 2.61.